The van der Waals surface area contributed by atoms with Crippen LogP contribution in [0.5, 0.6) is 0 Å². The average molecular weight is 364 g/mol. The van der Waals surface area contributed by atoms with Crippen LogP contribution in [-0.4, -0.2) is 59.9 Å². The molecule has 0 bridgehead atoms. The van der Waals surface area contributed by atoms with Gasteiger partial charge in [0.1, 0.15) is 0 Å². The van der Waals surface area contributed by atoms with Gasteiger partial charge in [-0.15, -0.1) is 0 Å². The summed E-state index contributed by atoms with van der Waals surface area (Å²) < 4.78 is 0. The minimum absolute atomic E-state index is 0.113. The van der Waals surface area contributed by atoms with Crippen molar-refractivity contribution < 1.29 is 9.59 Å². The fourth-order valence-corrected chi connectivity index (χ4v) is 4.46. The zero-order chi connectivity index (χ0) is 17.6. The fourth-order valence-electron chi connectivity index (χ4n) is 3.83. The van der Waals surface area contributed by atoms with E-state index in [4.69, 9.17) is 0 Å². The largest absolute Gasteiger partial charge is 0.352 e. The van der Waals surface area contributed by atoms with E-state index in [0.29, 0.717) is 12.6 Å². The Hall–Kier alpha value is -1.40. The van der Waals surface area contributed by atoms with E-state index in [1.807, 2.05) is 28.7 Å². The highest BCUT2D eigenvalue weighted by molar-refractivity contribution is 7.08. The molecule has 2 heterocycles. The molecule has 1 saturated heterocycles. The highest BCUT2D eigenvalue weighted by Crippen LogP contribution is 2.18. The fraction of sp³-hybridized carbons (Fsp3) is 0.684. The molecule has 1 unspecified atom stereocenters. The van der Waals surface area contributed by atoms with Gasteiger partial charge < -0.3 is 10.2 Å². The Labute approximate surface area is 154 Å². The predicted octanol–water partition coefficient (Wildman–Crippen LogP) is 2.73. The molecule has 0 aromatic carbocycles. The first kappa shape index (κ1) is 18.4. The van der Waals surface area contributed by atoms with E-state index in [9.17, 15) is 9.59 Å². The van der Waals surface area contributed by atoms with Crippen LogP contribution >= 0.6 is 11.3 Å². The third-order valence-electron chi connectivity index (χ3n) is 5.46. The third kappa shape index (κ3) is 4.82. The Morgan fingerprint density at radius 1 is 1.12 bits per heavy atom. The summed E-state index contributed by atoms with van der Waals surface area (Å²) in [6, 6.07) is 2.11. The highest BCUT2D eigenvalue weighted by atomic mass is 32.1. The minimum atomic E-state index is -0.127. The van der Waals surface area contributed by atoms with E-state index >= 15 is 0 Å². The van der Waals surface area contributed by atoms with Gasteiger partial charge in [-0.3, -0.25) is 14.5 Å². The van der Waals surface area contributed by atoms with Crippen molar-refractivity contribution in [2.45, 2.75) is 57.5 Å². The molecule has 1 saturated carbocycles. The lowest BCUT2D eigenvalue weighted by atomic mass is 9.95. The van der Waals surface area contributed by atoms with Crippen molar-refractivity contribution in [2.24, 2.45) is 0 Å². The summed E-state index contributed by atoms with van der Waals surface area (Å²) in [6.07, 6.45) is 6.88. The number of amides is 2. The highest BCUT2D eigenvalue weighted by Gasteiger charge is 2.27. The number of hydrogen-bond acceptors (Lipinski definition) is 4. The van der Waals surface area contributed by atoms with E-state index in [-0.39, 0.29) is 17.9 Å². The van der Waals surface area contributed by atoms with Crippen molar-refractivity contribution in [1.29, 1.82) is 0 Å². The summed E-state index contributed by atoms with van der Waals surface area (Å²) in [7, 11) is 0. The standard InChI is InChI=1S/C19H29N3O2S/c1-15(18(23)20-17-6-3-2-4-7-17)21-9-5-10-22(12-11-21)19(24)16-8-13-25-14-16/h8,13-15,17H,2-7,9-12H2,1H3,(H,20,23). The lowest BCUT2D eigenvalue weighted by Crippen LogP contribution is -2.49. The van der Waals surface area contributed by atoms with Crippen molar-refractivity contribution in [3.8, 4) is 0 Å². The molecule has 0 radical (unpaired) electrons. The molecule has 1 aliphatic heterocycles. The van der Waals surface area contributed by atoms with Crippen LogP contribution in [0.2, 0.25) is 0 Å². The Kier molecular flexibility index (Phi) is 6.48. The van der Waals surface area contributed by atoms with Crippen molar-refractivity contribution in [3.05, 3.63) is 22.4 Å². The molecule has 6 heteroatoms. The summed E-state index contributed by atoms with van der Waals surface area (Å²) in [6.45, 7) is 5.08. The molecule has 1 atom stereocenters. The van der Waals surface area contributed by atoms with Gasteiger partial charge in [0.25, 0.3) is 5.91 Å². The monoisotopic (exact) mass is 363 g/mol. The van der Waals surface area contributed by atoms with Crippen LogP contribution in [-0.2, 0) is 4.79 Å². The van der Waals surface area contributed by atoms with E-state index in [1.54, 1.807) is 11.3 Å². The zero-order valence-corrected chi connectivity index (χ0v) is 15.9. The number of rotatable bonds is 4. The zero-order valence-electron chi connectivity index (χ0n) is 15.1. The molecule has 2 amide bonds. The second-order valence-electron chi connectivity index (χ2n) is 7.21. The van der Waals surface area contributed by atoms with E-state index in [0.717, 1.165) is 44.5 Å². The van der Waals surface area contributed by atoms with Gasteiger partial charge in [0.05, 0.1) is 11.6 Å². The summed E-state index contributed by atoms with van der Waals surface area (Å²) in [5.74, 6) is 0.256. The molecule has 138 valence electrons. The van der Waals surface area contributed by atoms with Gasteiger partial charge in [0.2, 0.25) is 5.91 Å². The summed E-state index contributed by atoms with van der Waals surface area (Å²) in [4.78, 5) is 29.3. The summed E-state index contributed by atoms with van der Waals surface area (Å²) >= 11 is 1.55. The van der Waals surface area contributed by atoms with Gasteiger partial charge in [-0.05, 0) is 37.6 Å². The molecule has 1 aliphatic carbocycles. The topological polar surface area (TPSA) is 52.7 Å². The molecule has 5 nitrogen and oxygen atoms in total. The molecule has 0 spiro atoms. The number of hydrogen-bond donors (Lipinski definition) is 1. The maximum absolute atomic E-state index is 12.6. The molecular formula is C19H29N3O2S. The van der Waals surface area contributed by atoms with Gasteiger partial charge in [-0.1, -0.05) is 19.3 Å². The first-order valence-electron chi connectivity index (χ1n) is 9.51. The van der Waals surface area contributed by atoms with E-state index in [2.05, 4.69) is 10.2 Å². The normalized spacial score (nSPS) is 21.6. The lowest BCUT2D eigenvalue weighted by molar-refractivity contribution is -0.126. The minimum Gasteiger partial charge on any atom is -0.352 e. The van der Waals surface area contributed by atoms with Gasteiger partial charge >= 0.3 is 0 Å². The third-order valence-corrected chi connectivity index (χ3v) is 6.15. The predicted molar refractivity (Wildman–Crippen MR) is 101 cm³/mol. The number of nitrogens with zero attached hydrogens (tertiary/aromatic N) is 2. The van der Waals surface area contributed by atoms with Crippen LogP contribution in [0.3, 0.4) is 0 Å². The van der Waals surface area contributed by atoms with Crippen LogP contribution in [0.1, 0.15) is 55.8 Å². The molecule has 1 aromatic rings. The molecule has 25 heavy (non-hydrogen) atoms. The van der Waals surface area contributed by atoms with Crippen LogP contribution in [0.4, 0.5) is 0 Å². The van der Waals surface area contributed by atoms with Crippen molar-refractivity contribution in [1.82, 2.24) is 15.1 Å². The van der Waals surface area contributed by atoms with Crippen LogP contribution in [0.25, 0.3) is 0 Å². The van der Waals surface area contributed by atoms with Gasteiger partial charge in [0.15, 0.2) is 0 Å². The smallest absolute Gasteiger partial charge is 0.254 e. The molecule has 2 fully saturated rings. The molecule has 1 aromatic heterocycles. The average Bonchev–Trinajstić information content (AvgIpc) is 3.06. The van der Waals surface area contributed by atoms with Crippen molar-refractivity contribution in [2.75, 3.05) is 26.2 Å². The van der Waals surface area contributed by atoms with Crippen LogP contribution in [0, 0.1) is 0 Å². The van der Waals surface area contributed by atoms with Crippen molar-refractivity contribution in [3.63, 3.8) is 0 Å². The Morgan fingerprint density at radius 3 is 2.64 bits per heavy atom. The quantitative estimate of drug-likeness (QED) is 0.895. The molecular weight excluding hydrogens is 334 g/mol. The first-order chi connectivity index (χ1) is 12.1. The Bertz CT molecular complexity index is 569. The second kappa shape index (κ2) is 8.81. The lowest BCUT2D eigenvalue weighted by Gasteiger charge is -2.30. The SMILES string of the molecule is CC(C(=O)NC1CCCCC1)N1CCCN(C(=O)c2ccsc2)CC1. The molecule has 2 aliphatic rings. The summed E-state index contributed by atoms with van der Waals surface area (Å²) in [5, 5.41) is 7.08. The Balaban J connectivity index is 1.51. The number of carbonyl (C=O) groups is 2. The second-order valence-corrected chi connectivity index (χ2v) is 7.99. The van der Waals surface area contributed by atoms with Crippen molar-refractivity contribution >= 4 is 23.2 Å². The summed E-state index contributed by atoms with van der Waals surface area (Å²) in [5.41, 5.74) is 0.779. The van der Waals surface area contributed by atoms with Crippen LogP contribution in [0.15, 0.2) is 16.8 Å². The number of thiophene rings is 1. The number of nitrogens with one attached hydrogen (secondary N) is 1. The van der Waals surface area contributed by atoms with E-state index < -0.39 is 0 Å². The van der Waals surface area contributed by atoms with Crippen LogP contribution < -0.4 is 5.32 Å². The first-order valence-corrected chi connectivity index (χ1v) is 10.5. The Morgan fingerprint density at radius 2 is 1.92 bits per heavy atom. The molecule has 1 N–H and O–H groups in total. The van der Waals surface area contributed by atoms with Gasteiger partial charge in [-0.2, -0.15) is 11.3 Å². The van der Waals surface area contributed by atoms with Gasteiger partial charge in [0, 0.05) is 37.6 Å². The van der Waals surface area contributed by atoms with E-state index in [1.165, 1.54) is 19.3 Å². The maximum atomic E-state index is 12.6. The maximum Gasteiger partial charge on any atom is 0.254 e. The molecule has 3 rings (SSSR count). The number of carbonyl (C=O) groups excluding carboxylic acids is 2. The van der Waals surface area contributed by atoms with Gasteiger partial charge in [-0.25, -0.2) is 0 Å².